The first-order chi connectivity index (χ1) is 5.38. The van der Waals surface area contributed by atoms with Crippen LogP contribution in [-0.4, -0.2) is 5.11 Å². The molecule has 1 aromatic carbocycles. The smallest absolute Gasteiger partial charge is 0.0818 e. The van der Waals surface area contributed by atoms with Crippen molar-refractivity contribution < 1.29 is 5.11 Å². The van der Waals surface area contributed by atoms with Crippen molar-refractivity contribution in [2.45, 2.75) is 18.9 Å². The lowest BCUT2D eigenvalue weighted by Crippen LogP contribution is -1.98. The first-order valence-electron chi connectivity index (χ1n) is 4.11. The molecule has 58 valence electrons. The van der Waals surface area contributed by atoms with E-state index < -0.39 is 0 Å². The number of aliphatic hydroxyl groups is 1. The van der Waals surface area contributed by atoms with Crippen molar-refractivity contribution in [3.05, 3.63) is 35.9 Å². The number of hydrogen-bond acceptors (Lipinski definition) is 1. The predicted octanol–water partition coefficient (Wildman–Crippen LogP) is 2.13. The van der Waals surface area contributed by atoms with Crippen LogP contribution in [0.3, 0.4) is 0 Å². The van der Waals surface area contributed by atoms with E-state index in [4.69, 9.17) is 0 Å². The fraction of sp³-hybridized carbons (Fsp3) is 0.400. The fourth-order valence-electron chi connectivity index (χ4n) is 1.33. The Labute approximate surface area is 66.7 Å². The average Bonchev–Trinajstić information content (AvgIpc) is 2.87. The number of rotatable bonds is 2. The summed E-state index contributed by atoms with van der Waals surface area (Å²) in [6.45, 7) is 0. The van der Waals surface area contributed by atoms with E-state index in [-0.39, 0.29) is 6.10 Å². The van der Waals surface area contributed by atoms with Crippen molar-refractivity contribution in [1.29, 1.82) is 0 Å². The van der Waals surface area contributed by atoms with Gasteiger partial charge in [-0.2, -0.15) is 0 Å². The van der Waals surface area contributed by atoms with E-state index >= 15 is 0 Å². The Morgan fingerprint density at radius 1 is 1.18 bits per heavy atom. The van der Waals surface area contributed by atoms with E-state index in [1.165, 1.54) is 12.8 Å². The molecule has 1 aliphatic carbocycles. The van der Waals surface area contributed by atoms with Crippen LogP contribution in [0, 0.1) is 5.92 Å². The van der Waals surface area contributed by atoms with Crippen LogP contribution in [-0.2, 0) is 0 Å². The van der Waals surface area contributed by atoms with Gasteiger partial charge in [-0.1, -0.05) is 30.3 Å². The van der Waals surface area contributed by atoms with Gasteiger partial charge in [0.2, 0.25) is 0 Å². The van der Waals surface area contributed by atoms with Crippen molar-refractivity contribution >= 4 is 0 Å². The van der Waals surface area contributed by atoms with Crippen LogP contribution in [0.5, 0.6) is 0 Å². The number of hydrogen-bond donors (Lipinski definition) is 1. The molecule has 0 spiro atoms. The SMILES string of the molecule is O[C@@H](c1ccccc1)C1CC1. The fourth-order valence-corrected chi connectivity index (χ4v) is 1.33. The Balaban J connectivity index is 2.15. The maximum absolute atomic E-state index is 9.66. The number of aliphatic hydroxyl groups excluding tert-OH is 1. The van der Waals surface area contributed by atoms with Crippen molar-refractivity contribution in [1.82, 2.24) is 0 Å². The second-order valence-corrected chi connectivity index (χ2v) is 3.19. The molecule has 0 heterocycles. The van der Waals surface area contributed by atoms with Gasteiger partial charge in [-0.3, -0.25) is 0 Å². The van der Waals surface area contributed by atoms with Gasteiger partial charge >= 0.3 is 0 Å². The summed E-state index contributed by atoms with van der Waals surface area (Å²) >= 11 is 0. The zero-order valence-corrected chi connectivity index (χ0v) is 6.40. The Hall–Kier alpha value is -0.820. The second-order valence-electron chi connectivity index (χ2n) is 3.19. The quantitative estimate of drug-likeness (QED) is 0.681. The molecule has 1 heteroatoms. The Morgan fingerprint density at radius 3 is 2.36 bits per heavy atom. The normalized spacial score (nSPS) is 19.7. The van der Waals surface area contributed by atoms with Gasteiger partial charge in [0.25, 0.3) is 0 Å². The van der Waals surface area contributed by atoms with Gasteiger partial charge < -0.3 is 5.11 Å². The van der Waals surface area contributed by atoms with E-state index in [9.17, 15) is 5.11 Å². The van der Waals surface area contributed by atoms with Gasteiger partial charge in [0.15, 0.2) is 0 Å². The molecule has 0 bridgehead atoms. The minimum atomic E-state index is -0.212. The zero-order valence-electron chi connectivity index (χ0n) is 6.40. The molecule has 1 aromatic rings. The molecular formula is C10H12O. The van der Waals surface area contributed by atoms with Crippen LogP contribution in [0.15, 0.2) is 30.3 Å². The molecule has 0 saturated heterocycles. The minimum Gasteiger partial charge on any atom is -0.388 e. The maximum atomic E-state index is 9.66. The van der Waals surface area contributed by atoms with E-state index in [0.717, 1.165) is 5.56 Å². The van der Waals surface area contributed by atoms with Crippen LogP contribution in [0.25, 0.3) is 0 Å². The lowest BCUT2D eigenvalue weighted by atomic mass is 10.1. The lowest BCUT2D eigenvalue weighted by Gasteiger charge is -2.07. The monoisotopic (exact) mass is 148 g/mol. The molecule has 1 N–H and O–H groups in total. The molecule has 2 rings (SSSR count). The van der Waals surface area contributed by atoms with Gasteiger partial charge in [0.05, 0.1) is 6.10 Å². The van der Waals surface area contributed by atoms with E-state index in [1.807, 2.05) is 30.3 Å². The summed E-state index contributed by atoms with van der Waals surface area (Å²) in [6.07, 6.45) is 2.17. The lowest BCUT2D eigenvalue weighted by molar-refractivity contribution is 0.154. The van der Waals surface area contributed by atoms with Crippen molar-refractivity contribution in [2.75, 3.05) is 0 Å². The largest absolute Gasteiger partial charge is 0.388 e. The van der Waals surface area contributed by atoms with Gasteiger partial charge in [0, 0.05) is 0 Å². The van der Waals surface area contributed by atoms with Gasteiger partial charge in [-0.15, -0.1) is 0 Å². The van der Waals surface area contributed by atoms with Crippen molar-refractivity contribution in [3.8, 4) is 0 Å². The van der Waals surface area contributed by atoms with Crippen LogP contribution in [0.1, 0.15) is 24.5 Å². The van der Waals surface area contributed by atoms with Gasteiger partial charge in [-0.25, -0.2) is 0 Å². The molecule has 1 atom stereocenters. The third-order valence-corrected chi connectivity index (χ3v) is 2.21. The highest BCUT2D eigenvalue weighted by Gasteiger charge is 2.30. The summed E-state index contributed by atoms with van der Waals surface area (Å²) in [5.74, 6) is 0.539. The topological polar surface area (TPSA) is 20.2 Å². The first kappa shape index (κ1) is 6.86. The highest BCUT2D eigenvalue weighted by atomic mass is 16.3. The molecule has 0 amide bonds. The molecule has 1 fully saturated rings. The molecule has 0 aromatic heterocycles. The third-order valence-electron chi connectivity index (χ3n) is 2.21. The Morgan fingerprint density at radius 2 is 1.82 bits per heavy atom. The standard InChI is InChI=1S/C10H12O/c11-10(9-6-7-9)8-4-2-1-3-5-8/h1-5,9-11H,6-7H2/t10-/m0/s1. The van der Waals surface area contributed by atoms with Crippen LogP contribution >= 0.6 is 0 Å². The molecule has 0 radical (unpaired) electrons. The first-order valence-corrected chi connectivity index (χ1v) is 4.11. The Kier molecular flexibility index (Phi) is 1.66. The summed E-state index contributed by atoms with van der Waals surface area (Å²) in [5.41, 5.74) is 1.06. The molecule has 1 nitrogen and oxygen atoms in total. The van der Waals surface area contributed by atoms with Crippen LogP contribution < -0.4 is 0 Å². The Bertz CT molecular complexity index is 226. The third kappa shape index (κ3) is 1.43. The maximum Gasteiger partial charge on any atom is 0.0818 e. The molecule has 0 unspecified atom stereocenters. The van der Waals surface area contributed by atoms with E-state index in [1.54, 1.807) is 0 Å². The molecule has 11 heavy (non-hydrogen) atoms. The molecule has 0 aliphatic heterocycles. The minimum absolute atomic E-state index is 0.212. The second kappa shape index (κ2) is 2.67. The van der Waals surface area contributed by atoms with Crippen molar-refractivity contribution in [2.24, 2.45) is 5.92 Å². The van der Waals surface area contributed by atoms with Crippen LogP contribution in [0.4, 0.5) is 0 Å². The molecular weight excluding hydrogens is 136 g/mol. The molecule has 1 aliphatic rings. The van der Waals surface area contributed by atoms with Crippen molar-refractivity contribution in [3.63, 3.8) is 0 Å². The predicted molar refractivity (Wildman–Crippen MR) is 44.1 cm³/mol. The summed E-state index contributed by atoms with van der Waals surface area (Å²) < 4.78 is 0. The summed E-state index contributed by atoms with van der Waals surface area (Å²) in [6, 6.07) is 9.90. The average molecular weight is 148 g/mol. The summed E-state index contributed by atoms with van der Waals surface area (Å²) in [7, 11) is 0. The summed E-state index contributed by atoms with van der Waals surface area (Å²) in [5, 5.41) is 9.66. The molecule has 1 saturated carbocycles. The summed E-state index contributed by atoms with van der Waals surface area (Å²) in [4.78, 5) is 0. The highest BCUT2D eigenvalue weighted by molar-refractivity contribution is 5.18. The zero-order chi connectivity index (χ0) is 7.68. The highest BCUT2D eigenvalue weighted by Crippen LogP contribution is 2.40. The van der Waals surface area contributed by atoms with Gasteiger partial charge in [-0.05, 0) is 24.3 Å². The van der Waals surface area contributed by atoms with Crippen LogP contribution in [0.2, 0.25) is 0 Å². The number of benzene rings is 1. The van der Waals surface area contributed by atoms with E-state index in [0.29, 0.717) is 5.92 Å². The van der Waals surface area contributed by atoms with E-state index in [2.05, 4.69) is 0 Å². The van der Waals surface area contributed by atoms with Gasteiger partial charge in [0.1, 0.15) is 0 Å².